The second-order valence-corrected chi connectivity index (χ2v) is 5.63. The monoisotopic (exact) mass is 246 g/mol. The van der Waals surface area contributed by atoms with E-state index in [1.807, 2.05) is 0 Å². The number of aryl methyl sites for hydroxylation is 1. The van der Waals surface area contributed by atoms with E-state index in [0.29, 0.717) is 6.04 Å². The molecule has 0 saturated carbocycles. The minimum atomic E-state index is 0.709. The van der Waals surface area contributed by atoms with Crippen molar-refractivity contribution in [3.05, 3.63) is 35.4 Å². The van der Waals surface area contributed by atoms with E-state index in [2.05, 4.69) is 55.4 Å². The van der Waals surface area contributed by atoms with E-state index >= 15 is 0 Å². The molecule has 2 unspecified atom stereocenters. The zero-order valence-corrected chi connectivity index (χ0v) is 11.9. The van der Waals surface area contributed by atoms with Gasteiger partial charge in [-0.1, -0.05) is 29.8 Å². The molecule has 0 amide bonds. The number of piperidine rings is 1. The topological polar surface area (TPSA) is 15.3 Å². The lowest BCUT2D eigenvalue weighted by atomic mass is 9.97. The second kappa shape index (κ2) is 6.35. The van der Waals surface area contributed by atoms with Crippen LogP contribution in [0.3, 0.4) is 0 Å². The molecule has 18 heavy (non-hydrogen) atoms. The van der Waals surface area contributed by atoms with Crippen LogP contribution >= 0.6 is 0 Å². The van der Waals surface area contributed by atoms with Gasteiger partial charge in [-0.05, 0) is 52.3 Å². The molecule has 1 heterocycles. The molecule has 1 saturated heterocycles. The number of rotatable bonds is 4. The molecule has 1 fully saturated rings. The smallest absolute Gasteiger partial charge is 0.00910 e. The van der Waals surface area contributed by atoms with Gasteiger partial charge in [0.05, 0.1) is 0 Å². The number of nitrogens with one attached hydrogen (secondary N) is 1. The first-order valence-corrected chi connectivity index (χ1v) is 7.16. The van der Waals surface area contributed by atoms with Gasteiger partial charge in [0.2, 0.25) is 0 Å². The Labute approximate surface area is 111 Å². The standard InChI is InChI=1S/C16H26N2/c1-13-5-4-6-15(11-13)7-9-18-10-8-16(17-3)12-14(18)2/h4-6,11,14,16-17H,7-10,12H2,1-3H3. The lowest BCUT2D eigenvalue weighted by molar-refractivity contribution is 0.140. The van der Waals surface area contributed by atoms with E-state index in [9.17, 15) is 0 Å². The molecule has 2 rings (SSSR count). The van der Waals surface area contributed by atoms with Crippen molar-refractivity contribution in [2.45, 2.75) is 45.2 Å². The van der Waals surface area contributed by atoms with Crippen LogP contribution in [0.4, 0.5) is 0 Å². The summed E-state index contributed by atoms with van der Waals surface area (Å²) < 4.78 is 0. The highest BCUT2D eigenvalue weighted by Gasteiger charge is 2.23. The third-order valence-electron chi connectivity index (χ3n) is 4.19. The lowest BCUT2D eigenvalue weighted by Crippen LogP contribution is -2.47. The van der Waals surface area contributed by atoms with Gasteiger partial charge in [-0.25, -0.2) is 0 Å². The van der Waals surface area contributed by atoms with Gasteiger partial charge in [-0.15, -0.1) is 0 Å². The molecule has 2 nitrogen and oxygen atoms in total. The highest BCUT2D eigenvalue weighted by atomic mass is 15.2. The Morgan fingerprint density at radius 2 is 2.22 bits per heavy atom. The van der Waals surface area contributed by atoms with E-state index in [1.165, 1.54) is 43.5 Å². The predicted molar refractivity (Wildman–Crippen MR) is 78.0 cm³/mol. The summed E-state index contributed by atoms with van der Waals surface area (Å²) in [6, 6.07) is 10.3. The summed E-state index contributed by atoms with van der Waals surface area (Å²) in [6.07, 6.45) is 3.75. The summed E-state index contributed by atoms with van der Waals surface area (Å²) in [6.45, 7) is 6.96. The Hall–Kier alpha value is -0.860. The average Bonchev–Trinajstić information content (AvgIpc) is 2.37. The molecule has 2 heteroatoms. The molecule has 0 bridgehead atoms. The van der Waals surface area contributed by atoms with Crippen molar-refractivity contribution in [1.29, 1.82) is 0 Å². The van der Waals surface area contributed by atoms with Gasteiger partial charge in [0.15, 0.2) is 0 Å². The van der Waals surface area contributed by atoms with E-state index < -0.39 is 0 Å². The normalized spacial score (nSPS) is 25.3. The minimum Gasteiger partial charge on any atom is -0.317 e. The summed E-state index contributed by atoms with van der Waals surface area (Å²) in [5, 5.41) is 3.41. The van der Waals surface area contributed by atoms with Crippen LogP contribution in [-0.4, -0.2) is 37.1 Å². The number of benzene rings is 1. The van der Waals surface area contributed by atoms with Crippen LogP contribution in [-0.2, 0) is 6.42 Å². The first kappa shape index (κ1) is 13.6. The first-order valence-electron chi connectivity index (χ1n) is 7.16. The summed E-state index contributed by atoms with van der Waals surface area (Å²) >= 11 is 0. The van der Waals surface area contributed by atoms with Crippen LogP contribution in [0, 0.1) is 6.92 Å². The van der Waals surface area contributed by atoms with E-state index in [0.717, 1.165) is 6.04 Å². The van der Waals surface area contributed by atoms with Crippen LogP contribution in [0.5, 0.6) is 0 Å². The fourth-order valence-corrected chi connectivity index (χ4v) is 2.96. The van der Waals surface area contributed by atoms with Gasteiger partial charge in [0, 0.05) is 18.6 Å². The fraction of sp³-hybridized carbons (Fsp3) is 0.625. The van der Waals surface area contributed by atoms with Crippen molar-refractivity contribution in [2.24, 2.45) is 0 Å². The van der Waals surface area contributed by atoms with Crippen molar-refractivity contribution in [1.82, 2.24) is 10.2 Å². The van der Waals surface area contributed by atoms with Crippen molar-refractivity contribution < 1.29 is 0 Å². The van der Waals surface area contributed by atoms with Gasteiger partial charge in [0.1, 0.15) is 0 Å². The average molecular weight is 246 g/mol. The molecule has 2 atom stereocenters. The SMILES string of the molecule is CNC1CCN(CCc2cccc(C)c2)C(C)C1. The molecule has 0 radical (unpaired) electrons. The maximum absolute atomic E-state index is 3.41. The molecule has 100 valence electrons. The first-order chi connectivity index (χ1) is 8.69. The molecular formula is C16H26N2. The van der Waals surface area contributed by atoms with E-state index in [-0.39, 0.29) is 0 Å². The van der Waals surface area contributed by atoms with Crippen LogP contribution < -0.4 is 5.32 Å². The van der Waals surface area contributed by atoms with Gasteiger partial charge in [0.25, 0.3) is 0 Å². The van der Waals surface area contributed by atoms with Gasteiger partial charge in [-0.3, -0.25) is 0 Å². The lowest BCUT2D eigenvalue weighted by Gasteiger charge is -2.37. The van der Waals surface area contributed by atoms with Crippen molar-refractivity contribution in [3.63, 3.8) is 0 Å². The summed E-state index contributed by atoms with van der Waals surface area (Å²) in [4.78, 5) is 2.64. The zero-order valence-electron chi connectivity index (χ0n) is 11.9. The van der Waals surface area contributed by atoms with E-state index in [1.54, 1.807) is 0 Å². The molecule has 1 aromatic carbocycles. The Kier molecular flexibility index (Phi) is 4.79. The van der Waals surface area contributed by atoms with Crippen molar-refractivity contribution in [2.75, 3.05) is 20.1 Å². The predicted octanol–water partition coefficient (Wildman–Crippen LogP) is 2.61. The number of hydrogen-bond donors (Lipinski definition) is 1. The van der Waals surface area contributed by atoms with Crippen LogP contribution in [0.2, 0.25) is 0 Å². The molecule has 0 spiro atoms. The van der Waals surface area contributed by atoms with Crippen LogP contribution in [0.15, 0.2) is 24.3 Å². The van der Waals surface area contributed by atoms with Crippen LogP contribution in [0.25, 0.3) is 0 Å². The van der Waals surface area contributed by atoms with E-state index in [4.69, 9.17) is 0 Å². The minimum absolute atomic E-state index is 0.709. The Morgan fingerprint density at radius 1 is 1.39 bits per heavy atom. The quantitative estimate of drug-likeness (QED) is 0.878. The number of likely N-dealkylation sites (tertiary alicyclic amines) is 1. The fourth-order valence-electron chi connectivity index (χ4n) is 2.96. The molecule has 0 aliphatic carbocycles. The maximum Gasteiger partial charge on any atom is 0.00910 e. The van der Waals surface area contributed by atoms with Gasteiger partial charge < -0.3 is 10.2 Å². The molecule has 1 aliphatic heterocycles. The van der Waals surface area contributed by atoms with Crippen molar-refractivity contribution >= 4 is 0 Å². The Bertz CT molecular complexity index is 375. The second-order valence-electron chi connectivity index (χ2n) is 5.63. The summed E-state index contributed by atoms with van der Waals surface area (Å²) in [5.74, 6) is 0. The van der Waals surface area contributed by atoms with Crippen LogP contribution in [0.1, 0.15) is 30.9 Å². The number of nitrogens with zero attached hydrogens (tertiary/aromatic N) is 1. The van der Waals surface area contributed by atoms with Gasteiger partial charge >= 0.3 is 0 Å². The Balaban J connectivity index is 1.83. The molecule has 1 N–H and O–H groups in total. The largest absolute Gasteiger partial charge is 0.317 e. The summed E-state index contributed by atoms with van der Waals surface area (Å²) in [7, 11) is 2.08. The highest BCUT2D eigenvalue weighted by molar-refractivity contribution is 5.22. The number of hydrogen-bond acceptors (Lipinski definition) is 2. The third-order valence-corrected chi connectivity index (χ3v) is 4.19. The molecular weight excluding hydrogens is 220 g/mol. The summed E-state index contributed by atoms with van der Waals surface area (Å²) in [5.41, 5.74) is 2.84. The Morgan fingerprint density at radius 3 is 2.89 bits per heavy atom. The highest BCUT2D eigenvalue weighted by Crippen LogP contribution is 2.17. The zero-order chi connectivity index (χ0) is 13.0. The maximum atomic E-state index is 3.41. The molecule has 1 aliphatic rings. The third kappa shape index (κ3) is 3.56. The van der Waals surface area contributed by atoms with Crippen molar-refractivity contribution in [3.8, 4) is 0 Å². The molecule has 0 aromatic heterocycles. The molecule has 1 aromatic rings. The van der Waals surface area contributed by atoms with Gasteiger partial charge in [-0.2, -0.15) is 0 Å².